The van der Waals surface area contributed by atoms with Crippen LogP contribution in [0, 0.1) is 6.92 Å². The SMILES string of the molecule is COc1ccc([C@@H](C(=O)NC2CCCCC2)N(C(=O)c2snc(C(N)=O)c2N)c2ccccc2C)cc1OC. The third-order valence-corrected chi connectivity index (χ3v) is 7.78. The second kappa shape index (κ2) is 12.2. The lowest BCUT2D eigenvalue weighted by Gasteiger charge is -2.34. The van der Waals surface area contributed by atoms with Crippen LogP contribution in [0.2, 0.25) is 0 Å². The highest BCUT2D eigenvalue weighted by atomic mass is 32.1. The Balaban J connectivity index is 1.90. The summed E-state index contributed by atoms with van der Waals surface area (Å²) in [4.78, 5) is 41.7. The number of aromatic nitrogens is 1. The van der Waals surface area contributed by atoms with Gasteiger partial charge in [0.25, 0.3) is 11.8 Å². The fourth-order valence-electron chi connectivity index (χ4n) is 4.91. The summed E-state index contributed by atoms with van der Waals surface area (Å²) < 4.78 is 14.9. The Kier molecular flexibility index (Phi) is 8.70. The normalized spacial score (nSPS) is 14.3. The maximum absolute atomic E-state index is 14.3. The van der Waals surface area contributed by atoms with Crippen molar-refractivity contribution in [2.75, 3.05) is 24.9 Å². The van der Waals surface area contributed by atoms with E-state index < -0.39 is 17.9 Å². The van der Waals surface area contributed by atoms with Crippen LogP contribution in [0.1, 0.15) is 69.4 Å². The molecule has 0 spiro atoms. The van der Waals surface area contributed by atoms with E-state index in [4.69, 9.17) is 20.9 Å². The molecular formula is C28H33N5O5S. The smallest absolute Gasteiger partial charge is 0.273 e. The lowest BCUT2D eigenvalue weighted by Crippen LogP contribution is -2.47. The number of carbonyl (C=O) groups excluding carboxylic acids is 3. The van der Waals surface area contributed by atoms with Gasteiger partial charge >= 0.3 is 0 Å². The van der Waals surface area contributed by atoms with E-state index in [-0.39, 0.29) is 28.2 Å². The fraction of sp³-hybridized carbons (Fsp3) is 0.357. The zero-order valence-corrected chi connectivity index (χ0v) is 23.0. The number of hydrogen-bond donors (Lipinski definition) is 3. The molecule has 3 aromatic rings. The molecule has 206 valence electrons. The van der Waals surface area contributed by atoms with E-state index in [1.165, 1.54) is 19.1 Å². The number of rotatable bonds is 9. The van der Waals surface area contributed by atoms with Crippen molar-refractivity contribution < 1.29 is 23.9 Å². The summed E-state index contributed by atoms with van der Waals surface area (Å²) >= 11 is 0.772. The van der Waals surface area contributed by atoms with Gasteiger partial charge < -0.3 is 26.3 Å². The maximum atomic E-state index is 14.3. The van der Waals surface area contributed by atoms with E-state index in [2.05, 4.69) is 9.69 Å². The van der Waals surface area contributed by atoms with Gasteiger partial charge in [0.2, 0.25) is 5.91 Å². The lowest BCUT2D eigenvalue weighted by molar-refractivity contribution is -0.123. The van der Waals surface area contributed by atoms with Crippen molar-refractivity contribution in [2.24, 2.45) is 5.73 Å². The number of primary amides is 1. The number of nitrogens with one attached hydrogen (secondary N) is 1. The second-order valence-electron chi connectivity index (χ2n) is 9.46. The first-order chi connectivity index (χ1) is 18.8. The minimum absolute atomic E-state index is 0.00217. The molecule has 11 heteroatoms. The molecule has 3 amide bonds. The summed E-state index contributed by atoms with van der Waals surface area (Å²) in [6.07, 6.45) is 4.92. The Bertz CT molecular complexity index is 1370. The van der Waals surface area contributed by atoms with Crippen LogP contribution in [0.25, 0.3) is 0 Å². The molecule has 5 N–H and O–H groups in total. The summed E-state index contributed by atoms with van der Waals surface area (Å²) in [6.45, 7) is 1.85. The first kappa shape index (κ1) is 27.9. The number of nitrogens with zero attached hydrogens (tertiary/aromatic N) is 2. The molecular weight excluding hydrogens is 518 g/mol. The molecule has 1 fully saturated rings. The van der Waals surface area contributed by atoms with Gasteiger partial charge in [0.15, 0.2) is 17.2 Å². The van der Waals surface area contributed by atoms with Crippen LogP contribution < -0.4 is 31.2 Å². The molecule has 2 aromatic carbocycles. The topological polar surface area (TPSA) is 150 Å². The van der Waals surface area contributed by atoms with E-state index in [0.717, 1.165) is 49.2 Å². The molecule has 0 bridgehead atoms. The van der Waals surface area contributed by atoms with Crippen molar-refractivity contribution in [1.82, 2.24) is 9.69 Å². The predicted octanol–water partition coefficient (Wildman–Crippen LogP) is 3.99. The molecule has 4 rings (SSSR count). The first-order valence-electron chi connectivity index (χ1n) is 12.7. The van der Waals surface area contributed by atoms with Gasteiger partial charge in [0.1, 0.15) is 10.9 Å². The van der Waals surface area contributed by atoms with Gasteiger partial charge in [-0.1, -0.05) is 43.5 Å². The molecule has 1 aliphatic carbocycles. The maximum Gasteiger partial charge on any atom is 0.273 e. The van der Waals surface area contributed by atoms with Gasteiger partial charge in [-0.2, -0.15) is 4.37 Å². The highest BCUT2D eigenvalue weighted by molar-refractivity contribution is 7.09. The standard InChI is InChI=1S/C28H33N5O5S/c1-16-9-7-8-12-19(16)33(28(36)25-22(29)23(26(30)34)32-39-25)24(27(35)31-18-10-5-4-6-11-18)17-13-14-20(37-2)21(15-17)38-3/h7-9,12-15,18,24H,4-6,10-11,29H2,1-3H3,(H2,30,34)(H,31,35)/t24-/m0/s1. The molecule has 1 atom stereocenters. The number of anilines is 2. The van der Waals surface area contributed by atoms with Crippen molar-refractivity contribution in [1.29, 1.82) is 0 Å². The Labute approximate surface area is 231 Å². The highest BCUT2D eigenvalue weighted by Gasteiger charge is 2.37. The number of aryl methyl sites for hydroxylation is 1. The van der Waals surface area contributed by atoms with Crippen LogP contribution in [0.15, 0.2) is 42.5 Å². The third-order valence-electron chi connectivity index (χ3n) is 6.93. The largest absolute Gasteiger partial charge is 0.493 e. The van der Waals surface area contributed by atoms with Crippen LogP contribution in [0.3, 0.4) is 0 Å². The molecule has 0 unspecified atom stereocenters. The number of methoxy groups -OCH3 is 2. The van der Waals surface area contributed by atoms with Gasteiger partial charge in [0, 0.05) is 11.7 Å². The first-order valence-corrected chi connectivity index (χ1v) is 13.5. The number of ether oxygens (including phenoxy) is 2. The third kappa shape index (κ3) is 5.83. The Morgan fingerprint density at radius 3 is 2.36 bits per heavy atom. The summed E-state index contributed by atoms with van der Waals surface area (Å²) in [5.74, 6) is -0.860. The van der Waals surface area contributed by atoms with Gasteiger partial charge in [-0.15, -0.1) is 0 Å². The molecule has 39 heavy (non-hydrogen) atoms. The van der Waals surface area contributed by atoms with Crippen LogP contribution in [0.4, 0.5) is 11.4 Å². The summed E-state index contributed by atoms with van der Waals surface area (Å²) in [5, 5.41) is 3.18. The number of amides is 3. The summed E-state index contributed by atoms with van der Waals surface area (Å²) in [6, 6.07) is 11.3. The Hall–Kier alpha value is -4.12. The van der Waals surface area contributed by atoms with E-state index in [0.29, 0.717) is 22.7 Å². The number of nitrogen functional groups attached to an aromatic ring is 1. The molecule has 0 radical (unpaired) electrons. The van der Waals surface area contributed by atoms with Gasteiger partial charge in [-0.3, -0.25) is 19.3 Å². The molecule has 0 aliphatic heterocycles. The average molecular weight is 552 g/mol. The fourth-order valence-corrected chi connectivity index (χ4v) is 5.65. The zero-order chi connectivity index (χ0) is 28.1. The van der Waals surface area contributed by atoms with Crippen LogP contribution in [-0.4, -0.2) is 42.4 Å². The van der Waals surface area contributed by atoms with E-state index in [1.807, 2.05) is 19.1 Å². The number of para-hydroxylation sites is 1. The summed E-state index contributed by atoms with van der Waals surface area (Å²) in [5.41, 5.74) is 13.1. The molecule has 0 saturated heterocycles. The molecule has 1 saturated carbocycles. The van der Waals surface area contributed by atoms with Crippen LogP contribution >= 0.6 is 11.5 Å². The number of carbonyl (C=O) groups is 3. The number of hydrogen-bond acceptors (Lipinski definition) is 8. The number of benzene rings is 2. The van der Waals surface area contributed by atoms with Gasteiger partial charge in [-0.05, 0) is 60.6 Å². The van der Waals surface area contributed by atoms with Crippen LogP contribution in [0.5, 0.6) is 11.5 Å². The Morgan fingerprint density at radius 1 is 1.05 bits per heavy atom. The van der Waals surface area contributed by atoms with E-state index >= 15 is 0 Å². The number of nitrogens with two attached hydrogens (primary N) is 2. The second-order valence-corrected chi connectivity index (χ2v) is 10.2. The van der Waals surface area contributed by atoms with Crippen molar-refractivity contribution >= 4 is 40.6 Å². The summed E-state index contributed by atoms with van der Waals surface area (Å²) in [7, 11) is 3.03. The predicted molar refractivity (Wildman–Crippen MR) is 150 cm³/mol. The van der Waals surface area contributed by atoms with E-state index in [9.17, 15) is 14.4 Å². The molecule has 1 aliphatic rings. The molecule has 10 nitrogen and oxygen atoms in total. The average Bonchev–Trinajstić information content (AvgIpc) is 3.33. The van der Waals surface area contributed by atoms with Crippen molar-refractivity contribution in [2.45, 2.75) is 51.1 Å². The van der Waals surface area contributed by atoms with Gasteiger partial charge in [-0.25, -0.2) is 0 Å². The van der Waals surface area contributed by atoms with E-state index in [1.54, 1.807) is 30.3 Å². The van der Waals surface area contributed by atoms with Gasteiger partial charge in [0.05, 0.1) is 19.9 Å². The minimum atomic E-state index is -1.10. The lowest BCUT2D eigenvalue weighted by atomic mass is 9.94. The molecule has 1 heterocycles. The monoisotopic (exact) mass is 551 g/mol. The Morgan fingerprint density at radius 2 is 1.74 bits per heavy atom. The van der Waals surface area contributed by atoms with Crippen molar-refractivity contribution in [3.05, 3.63) is 64.2 Å². The quantitative estimate of drug-likeness (QED) is 0.364. The molecule has 1 aromatic heterocycles. The van der Waals surface area contributed by atoms with Crippen LogP contribution in [-0.2, 0) is 4.79 Å². The zero-order valence-electron chi connectivity index (χ0n) is 22.2. The van der Waals surface area contributed by atoms with Crippen molar-refractivity contribution in [3.63, 3.8) is 0 Å². The highest BCUT2D eigenvalue weighted by Crippen LogP contribution is 2.38. The van der Waals surface area contributed by atoms with Crippen molar-refractivity contribution in [3.8, 4) is 11.5 Å². The minimum Gasteiger partial charge on any atom is -0.493 e.